The van der Waals surface area contributed by atoms with Crippen LogP contribution in [0.2, 0.25) is 0 Å². The van der Waals surface area contributed by atoms with Crippen molar-refractivity contribution in [2.24, 2.45) is 0 Å². The van der Waals surface area contributed by atoms with E-state index in [1.165, 1.54) is 16.5 Å². The van der Waals surface area contributed by atoms with E-state index >= 15 is 0 Å². The van der Waals surface area contributed by atoms with Crippen LogP contribution < -0.4 is 15.0 Å². The molecule has 3 heterocycles. The zero-order valence-electron chi connectivity index (χ0n) is 19.3. The van der Waals surface area contributed by atoms with Crippen molar-refractivity contribution < 1.29 is 9.53 Å². The molecule has 6 nitrogen and oxygen atoms in total. The van der Waals surface area contributed by atoms with Crippen LogP contribution in [0.25, 0.3) is 10.8 Å². The molecule has 0 bridgehead atoms. The van der Waals surface area contributed by atoms with E-state index < -0.39 is 0 Å². The molecule has 2 aliphatic rings. The molecule has 0 spiro atoms. The molecule has 0 aliphatic carbocycles. The van der Waals surface area contributed by atoms with Crippen molar-refractivity contribution >= 4 is 28.2 Å². The minimum Gasteiger partial charge on any atom is -0.475 e. The van der Waals surface area contributed by atoms with Crippen molar-refractivity contribution in [1.82, 2.24) is 9.88 Å². The highest BCUT2D eigenvalue weighted by Crippen LogP contribution is 2.28. The molecule has 6 heteroatoms. The fourth-order valence-corrected chi connectivity index (χ4v) is 4.85. The summed E-state index contributed by atoms with van der Waals surface area (Å²) in [6.07, 6.45) is 3.44. The first kappa shape index (κ1) is 21.7. The molecule has 1 aromatic heterocycles. The third-order valence-corrected chi connectivity index (χ3v) is 6.72. The van der Waals surface area contributed by atoms with Gasteiger partial charge in [0, 0.05) is 49.7 Å². The third kappa shape index (κ3) is 5.11. The predicted octanol–water partition coefficient (Wildman–Crippen LogP) is 4.49. The Morgan fingerprint density at radius 3 is 2.70 bits per heavy atom. The maximum Gasteiger partial charge on any atom is 0.225 e. The van der Waals surface area contributed by atoms with Gasteiger partial charge in [0.25, 0.3) is 0 Å². The van der Waals surface area contributed by atoms with E-state index in [2.05, 4.69) is 69.5 Å². The molecule has 3 aromatic rings. The lowest BCUT2D eigenvalue weighted by molar-refractivity contribution is -0.116. The van der Waals surface area contributed by atoms with E-state index in [-0.39, 0.29) is 12.0 Å². The van der Waals surface area contributed by atoms with Crippen molar-refractivity contribution in [2.45, 2.75) is 38.7 Å². The molecule has 1 amide bonds. The number of piperazine rings is 1. The molecule has 5 rings (SSSR count). The van der Waals surface area contributed by atoms with Gasteiger partial charge in [-0.1, -0.05) is 36.4 Å². The SMILES string of the molecule is CC(CCCN1CCN(c2cccc3ccccc23)CC1)Oc1ccc2c(n1)NC(=O)CC2. The van der Waals surface area contributed by atoms with Gasteiger partial charge in [0.05, 0.1) is 6.10 Å². The van der Waals surface area contributed by atoms with Gasteiger partial charge in [-0.15, -0.1) is 0 Å². The number of hydrogen-bond acceptors (Lipinski definition) is 5. The number of hydrogen-bond donors (Lipinski definition) is 1. The first-order chi connectivity index (χ1) is 16.2. The van der Waals surface area contributed by atoms with E-state index in [0.29, 0.717) is 18.1 Å². The van der Waals surface area contributed by atoms with Crippen LogP contribution in [0.5, 0.6) is 5.88 Å². The summed E-state index contributed by atoms with van der Waals surface area (Å²) in [4.78, 5) is 21.2. The number of nitrogens with zero attached hydrogens (tertiary/aromatic N) is 3. The predicted molar refractivity (Wildman–Crippen MR) is 133 cm³/mol. The fraction of sp³-hybridized carbons (Fsp3) is 0.407. The molecule has 1 unspecified atom stereocenters. The number of carbonyl (C=O) groups is 1. The number of anilines is 2. The summed E-state index contributed by atoms with van der Waals surface area (Å²) in [7, 11) is 0. The highest BCUT2D eigenvalue weighted by Gasteiger charge is 2.19. The Morgan fingerprint density at radius 2 is 1.82 bits per heavy atom. The first-order valence-corrected chi connectivity index (χ1v) is 12.1. The lowest BCUT2D eigenvalue weighted by atomic mass is 10.1. The molecule has 0 radical (unpaired) electrons. The molecule has 1 fully saturated rings. The number of aryl methyl sites for hydroxylation is 1. The van der Waals surface area contributed by atoms with Gasteiger partial charge >= 0.3 is 0 Å². The molecule has 33 heavy (non-hydrogen) atoms. The van der Waals surface area contributed by atoms with Crippen molar-refractivity contribution in [3.05, 3.63) is 60.2 Å². The highest BCUT2D eigenvalue weighted by atomic mass is 16.5. The Labute approximate surface area is 195 Å². The van der Waals surface area contributed by atoms with E-state index in [0.717, 1.165) is 57.5 Å². The van der Waals surface area contributed by atoms with E-state index in [4.69, 9.17) is 4.74 Å². The Morgan fingerprint density at radius 1 is 1.00 bits per heavy atom. The minimum absolute atomic E-state index is 0.0285. The van der Waals surface area contributed by atoms with E-state index in [9.17, 15) is 4.79 Å². The maximum atomic E-state index is 11.6. The molecule has 1 atom stereocenters. The van der Waals surface area contributed by atoms with Crippen LogP contribution in [0.4, 0.5) is 11.5 Å². The summed E-state index contributed by atoms with van der Waals surface area (Å²) >= 11 is 0. The molecule has 1 saturated heterocycles. The van der Waals surface area contributed by atoms with Gasteiger partial charge in [0.1, 0.15) is 5.82 Å². The van der Waals surface area contributed by atoms with Gasteiger partial charge in [-0.05, 0) is 55.8 Å². The standard InChI is InChI=1S/C27H32N4O2/c1-20(33-26-14-12-22-11-13-25(32)28-27(22)29-26)6-5-15-30-16-18-31(19-17-30)24-10-4-8-21-7-2-3-9-23(21)24/h2-4,7-10,12,14,20H,5-6,11,13,15-19H2,1H3,(H,28,29,32). The maximum absolute atomic E-state index is 11.6. The highest BCUT2D eigenvalue weighted by molar-refractivity contribution is 5.94. The Balaban J connectivity index is 1.07. The van der Waals surface area contributed by atoms with Crippen molar-refractivity contribution in [3.63, 3.8) is 0 Å². The monoisotopic (exact) mass is 444 g/mol. The second-order valence-corrected chi connectivity index (χ2v) is 9.10. The number of carbonyl (C=O) groups excluding carboxylic acids is 1. The fourth-order valence-electron chi connectivity index (χ4n) is 4.85. The molecule has 2 aliphatic heterocycles. The van der Waals surface area contributed by atoms with Gasteiger partial charge in [-0.25, -0.2) is 0 Å². The quantitative estimate of drug-likeness (QED) is 0.582. The van der Waals surface area contributed by atoms with Gasteiger partial charge in [-0.3, -0.25) is 9.69 Å². The molecular weight excluding hydrogens is 412 g/mol. The Bertz CT molecular complexity index is 1120. The normalized spacial score (nSPS) is 17.5. The van der Waals surface area contributed by atoms with E-state index in [1.807, 2.05) is 12.1 Å². The smallest absolute Gasteiger partial charge is 0.225 e. The molecule has 0 saturated carbocycles. The largest absolute Gasteiger partial charge is 0.475 e. The summed E-state index contributed by atoms with van der Waals surface area (Å²) in [6.45, 7) is 7.48. The van der Waals surface area contributed by atoms with E-state index in [1.54, 1.807) is 0 Å². The van der Waals surface area contributed by atoms with Crippen molar-refractivity contribution in [2.75, 3.05) is 42.9 Å². The second kappa shape index (κ2) is 9.79. The summed E-state index contributed by atoms with van der Waals surface area (Å²) in [5, 5.41) is 5.49. The molecule has 172 valence electrons. The first-order valence-electron chi connectivity index (χ1n) is 12.1. The van der Waals surface area contributed by atoms with Crippen LogP contribution in [0, 0.1) is 0 Å². The number of nitrogens with one attached hydrogen (secondary N) is 1. The van der Waals surface area contributed by atoms with Crippen LogP contribution in [0.3, 0.4) is 0 Å². The Hall–Kier alpha value is -3.12. The molecule has 1 N–H and O–H groups in total. The van der Waals surface area contributed by atoms with Gasteiger partial charge < -0.3 is 15.0 Å². The molecule has 2 aromatic carbocycles. The van der Waals surface area contributed by atoms with Crippen molar-refractivity contribution in [3.8, 4) is 5.88 Å². The lowest BCUT2D eigenvalue weighted by Crippen LogP contribution is -2.46. The average molecular weight is 445 g/mol. The van der Waals surface area contributed by atoms with Crippen LogP contribution in [0.15, 0.2) is 54.6 Å². The summed E-state index contributed by atoms with van der Waals surface area (Å²) < 4.78 is 6.03. The zero-order valence-corrected chi connectivity index (χ0v) is 19.3. The van der Waals surface area contributed by atoms with Crippen molar-refractivity contribution in [1.29, 1.82) is 0 Å². The lowest BCUT2D eigenvalue weighted by Gasteiger charge is -2.36. The van der Waals surface area contributed by atoms with Crippen LogP contribution in [-0.4, -0.2) is 54.6 Å². The number of pyridine rings is 1. The second-order valence-electron chi connectivity index (χ2n) is 9.10. The number of ether oxygens (including phenoxy) is 1. The minimum atomic E-state index is 0.0285. The number of amides is 1. The number of rotatable bonds is 7. The average Bonchev–Trinajstić information content (AvgIpc) is 2.84. The van der Waals surface area contributed by atoms with Gasteiger partial charge in [-0.2, -0.15) is 4.98 Å². The summed E-state index contributed by atoms with van der Waals surface area (Å²) in [5.41, 5.74) is 2.43. The van der Waals surface area contributed by atoms with Gasteiger partial charge in [0.15, 0.2) is 0 Å². The van der Waals surface area contributed by atoms with Crippen LogP contribution >= 0.6 is 0 Å². The summed E-state index contributed by atoms with van der Waals surface area (Å²) in [6, 6.07) is 19.2. The zero-order chi connectivity index (χ0) is 22.6. The van der Waals surface area contributed by atoms with Gasteiger partial charge in [0.2, 0.25) is 11.8 Å². The third-order valence-electron chi connectivity index (χ3n) is 6.72. The summed E-state index contributed by atoms with van der Waals surface area (Å²) in [5.74, 6) is 1.27. The number of aromatic nitrogens is 1. The topological polar surface area (TPSA) is 57.7 Å². The number of fused-ring (bicyclic) bond motifs is 2. The van der Waals surface area contributed by atoms with Crippen LogP contribution in [0.1, 0.15) is 31.7 Å². The molecular formula is C27H32N4O2. The number of benzene rings is 2. The van der Waals surface area contributed by atoms with Crippen LogP contribution in [-0.2, 0) is 11.2 Å². The Kier molecular flexibility index (Phi) is 6.44.